The summed E-state index contributed by atoms with van der Waals surface area (Å²) in [6, 6.07) is 0. The first-order valence-corrected chi connectivity index (χ1v) is 0. The summed E-state index contributed by atoms with van der Waals surface area (Å²) in [6.07, 6.45) is 0. The quantitative estimate of drug-likeness (QED) is 0.407. The molecule has 0 radical (unpaired) electrons. The van der Waals surface area contributed by atoms with E-state index in [1.165, 1.54) is 0 Å². The number of rotatable bonds is 0. The second kappa shape index (κ2) is 63.1. The van der Waals surface area contributed by atoms with Crippen molar-refractivity contribution in [1.82, 2.24) is 0 Å². The van der Waals surface area contributed by atoms with Crippen LogP contribution in [0.2, 0.25) is 0 Å². The van der Waals surface area contributed by atoms with E-state index in [9.17, 15) is 0 Å². The van der Waals surface area contributed by atoms with Crippen molar-refractivity contribution in [2.75, 3.05) is 0 Å². The zero-order chi connectivity index (χ0) is 0. The third-order valence-electron chi connectivity index (χ3n) is 0. The second-order valence-corrected chi connectivity index (χ2v) is 0. The average Bonchev–Trinajstić information content (AvgIpc) is 0. The summed E-state index contributed by atoms with van der Waals surface area (Å²) in [5.41, 5.74) is 0. The zero-order valence-electron chi connectivity index (χ0n) is 3.22. The van der Waals surface area contributed by atoms with E-state index in [1.54, 1.807) is 0 Å². The maximum absolute atomic E-state index is 0. The standard InChI is InChI=1S/2Hf.3O.2Ti/q;;3*-2;;. The van der Waals surface area contributed by atoms with Crippen molar-refractivity contribution < 1.29 is 112 Å². The fourth-order valence-corrected chi connectivity index (χ4v) is 0. The number of hydrogen-bond acceptors (Lipinski definition) is 0. The Morgan fingerprint density at radius 3 is 0.429 bits per heavy atom. The van der Waals surface area contributed by atoms with Crippen LogP contribution < -0.4 is 0 Å². The monoisotopic (exact) mass is 504 g/mol. The molecule has 0 bridgehead atoms. The molecule has 0 aromatic heterocycles. The Hall–Kier alpha value is 3.05. The summed E-state index contributed by atoms with van der Waals surface area (Å²) in [5.74, 6) is 0. The van der Waals surface area contributed by atoms with E-state index >= 15 is 0 Å². The van der Waals surface area contributed by atoms with Gasteiger partial charge in [-0.3, -0.25) is 0 Å². The summed E-state index contributed by atoms with van der Waals surface area (Å²) in [6.45, 7) is 0. The van der Waals surface area contributed by atoms with E-state index in [-0.39, 0.29) is 112 Å². The van der Waals surface area contributed by atoms with Crippen LogP contribution in [0.4, 0.5) is 0 Å². The third-order valence-corrected chi connectivity index (χ3v) is 0. The molecule has 0 aliphatic rings. The van der Waals surface area contributed by atoms with Gasteiger partial charge in [-0.15, -0.1) is 0 Å². The van der Waals surface area contributed by atoms with Gasteiger partial charge in [-0.1, -0.05) is 0 Å². The Balaban J connectivity index is 0. The predicted octanol–water partition coefficient (Wildman–Crippen LogP) is -0.366. The molecule has 0 aromatic carbocycles. The van der Waals surface area contributed by atoms with Crippen LogP contribution in [0.3, 0.4) is 0 Å². The van der Waals surface area contributed by atoms with Crippen LogP contribution >= 0.6 is 0 Å². The van der Waals surface area contributed by atoms with Crippen LogP contribution in [0.5, 0.6) is 0 Å². The Labute approximate surface area is 110 Å². The van der Waals surface area contributed by atoms with E-state index in [4.69, 9.17) is 0 Å². The minimum Gasteiger partial charge on any atom is -2.00 e. The summed E-state index contributed by atoms with van der Waals surface area (Å²) >= 11 is 0. The van der Waals surface area contributed by atoms with Crippen molar-refractivity contribution in [2.45, 2.75) is 0 Å². The topological polar surface area (TPSA) is 85.5 Å². The van der Waals surface area contributed by atoms with Gasteiger partial charge >= 0.3 is 0 Å². The third kappa shape index (κ3) is 48.4. The predicted molar refractivity (Wildman–Crippen MR) is 2.06 cm³/mol. The van der Waals surface area contributed by atoms with Crippen LogP contribution in [0.15, 0.2) is 0 Å². The van der Waals surface area contributed by atoms with Gasteiger partial charge in [0, 0.05) is 95.1 Å². The summed E-state index contributed by atoms with van der Waals surface area (Å²) < 4.78 is 0. The maximum atomic E-state index is 0. The second-order valence-electron chi connectivity index (χ2n) is 0. The fraction of sp³-hybridized carbons (Fsp3) is 0. The van der Waals surface area contributed by atoms with Gasteiger partial charge in [-0.05, 0) is 0 Å². The Kier molecular flexibility index (Phi) is 797. The molecule has 7 heteroatoms. The molecule has 0 heterocycles. The largest absolute Gasteiger partial charge is 2.00 e. The van der Waals surface area contributed by atoms with Crippen molar-refractivity contribution >= 4 is 0 Å². The van der Waals surface area contributed by atoms with Crippen molar-refractivity contribution in [2.24, 2.45) is 0 Å². The SMILES string of the molecule is [Hf].[Hf].[O-2].[O-2].[O-2].[Ti].[Ti]. The molecular weight excluding hydrogens is 501 g/mol. The first-order valence-electron chi connectivity index (χ1n) is 0. The van der Waals surface area contributed by atoms with E-state index < -0.39 is 0 Å². The molecule has 0 aliphatic carbocycles. The van der Waals surface area contributed by atoms with E-state index in [1.807, 2.05) is 0 Å². The molecule has 0 aromatic rings. The summed E-state index contributed by atoms with van der Waals surface area (Å²) in [5, 5.41) is 0. The Morgan fingerprint density at radius 2 is 0.429 bits per heavy atom. The van der Waals surface area contributed by atoms with Crippen molar-refractivity contribution in [3.8, 4) is 0 Å². The molecule has 0 rings (SSSR count). The number of hydrogen-bond donors (Lipinski definition) is 0. The first kappa shape index (κ1) is 88.5. The molecule has 0 fully saturated rings. The van der Waals surface area contributed by atoms with Gasteiger partial charge in [0.1, 0.15) is 0 Å². The van der Waals surface area contributed by atoms with Crippen LogP contribution in [-0.2, 0) is 112 Å². The van der Waals surface area contributed by atoms with Gasteiger partial charge in [0.25, 0.3) is 0 Å². The van der Waals surface area contributed by atoms with Crippen LogP contribution in [0, 0.1) is 0 Å². The van der Waals surface area contributed by atoms with Gasteiger partial charge in [0.05, 0.1) is 0 Å². The average molecular weight is 501 g/mol. The molecule has 0 amide bonds. The molecule has 0 saturated carbocycles. The molecule has 0 unspecified atom stereocenters. The maximum Gasteiger partial charge on any atom is 0 e. The van der Waals surface area contributed by atoms with E-state index in [0.717, 1.165) is 0 Å². The van der Waals surface area contributed by atoms with Crippen LogP contribution in [0.25, 0.3) is 0 Å². The Morgan fingerprint density at radius 1 is 0.429 bits per heavy atom. The van der Waals surface area contributed by atoms with Gasteiger partial charge in [-0.25, -0.2) is 0 Å². The minimum absolute atomic E-state index is 0. The molecule has 3 nitrogen and oxygen atoms in total. The molecular formula is Hf2O3Ti2-6. The molecule has 0 aliphatic heterocycles. The van der Waals surface area contributed by atoms with Crippen molar-refractivity contribution in [1.29, 1.82) is 0 Å². The normalized spacial score (nSPS) is 0. The molecule has 0 spiro atoms. The molecule has 40 valence electrons. The van der Waals surface area contributed by atoms with Gasteiger partial charge in [-0.2, -0.15) is 0 Å². The molecule has 0 atom stereocenters. The van der Waals surface area contributed by atoms with Crippen LogP contribution in [-0.4, -0.2) is 0 Å². The smallest absolute Gasteiger partial charge is 0 e. The van der Waals surface area contributed by atoms with Crippen molar-refractivity contribution in [3.63, 3.8) is 0 Å². The Bertz CT molecular complexity index is 10.9. The molecule has 0 saturated heterocycles. The fourth-order valence-electron chi connectivity index (χ4n) is 0. The van der Waals surface area contributed by atoms with Gasteiger partial charge < -0.3 is 16.4 Å². The summed E-state index contributed by atoms with van der Waals surface area (Å²) in [4.78, 5) is 0. The molecule has 0 N–H and O–H groups in total. The van der Waals surface area contributed by atoms with E-state index in [0.29, 0.717) is 0 Å². The zero-order valence-corrected chi connectivity index (χ0v) is 13.5. The van der Waals surface area contributed by atoms with Crippen LogP contribution in [0.1, 0.15) is 0 Å². The molecule has 7 heavy (non-hydrogen) atoms. The van der Waals surface area contributed by atoms with E-state index in [2.05, 4.69) is 0 Å². The summed E-state index contributed by atoms with van der Waals surface area (Å²) in [7, 11) is 0. The van der Waals surface area contributed by atoms with Gasteiger partial charge in [0.15, 0.2) is 0 Å². The van der Waals surface area contributed by atoms with Crippen molar-refractivity contribution in [3.05, 3.63) is 0 Å². The van der Waals surface area contributed by atoms with Gasteiger partial charge in [0.2, 0.25) is 0 Å². The first-order chi connectivity index (χ1) is 0. The minimum atomic E-state index is 0.